The first-order chi connectivity index (χ1) is 61.7. The lowest BCUT2D eigenvalue weighted by atomic mass is 9.45. The molecule has 12 aliphatic heterocycles. The Kier molecular flexibility index (Phi) is 19.9. The summed E-state index contributed by atoms with van der Waals surface area (Å²) in [6, 6.07) is 0. The number of hydrogen-bond donors (Lipinski definition) is 7. The monoisotopic (exact) mass is 1900 g/mol. The molecule has 0 bridgehead atoms. The van der Waals surface area contributed by atoms with Gasteiger partial charge in [0.15, 0.2) is 28.5 Å². The SMILES string of the molecule is CC(=O)CCOC(=O)C1=C(COC(C)=O)[C@@H]2C[C@@H]3O[C@@]34[C@H](OC(C)=O)[C@@]3(C(C)C)O[C@H]3[C@@H]3O[C@@]34[C@@]2(C)CC1.CC(C)[C@]1(O)[C@H](OS(C)(=O)=O)[C@@H]2O[C@]23[C@]2(O[C@H]2C[C@H]2C4=C(CC[C@@]23C)C(=O)OC4)[C@@H]1O.CC(C)[C@]1(O)[C@H](O[N+](=O)O)[C@@H]2O[C@]23[C@]2(O[C@H]2C[C@H]2C4=C(CC[C@@]23C)C(=O)OC4)[C@@H]1O.COP(=O)(OC)O[C@@H]1[C@@H]2O[C@]23[C@]2(O[C@H]2C[C@H]2C4=C(CC[C@@]23C)C(=O)OC4)[C@H](O)[C@]1(O)C(C)C. The van der Waals surface area contributed by atoms with Crippen LogP contribution in [0.15, 0.2) is 44.6 Å². The molecule has 8 spiro atoms. The second kappa shape index (κ2) is 28.5. The van der Waals surface area contributed by atoms with Crippen LogP contribution in [0.2, 0.25) is 0 Å². The minimum atomic E-state index is -4.02. The third kappa shape index (κ3) is 10.9. The second-order valence-electron chi connectivity index (χ2n) is 43.8. The van der Waals surface area contributed by atoms with Crippen LogP contribution < -0.4 is 0 Å². The number of carbonyl (C=O) groups is 7. The minimum Gasteiger partial charge on any atom is -0.462 e. The second-order valence-corrected chi connectivity index (χ2v) is 47.3. The number of nitrogens with zero attached hydrogens (tertiary/aromatic N) is 1. The van der Waals surface area contributed by atoms with Gasteiger partial charge in [0.1, 0.15) is 143 Å². The van der Waals surface area contributed by atoms with E-state index in [4.69, 9.17) is 93.6 Å². The molecule has 24 aliphatic rings. The number of ketones is 1. The highest BCUT2D eigenvalue weighted by molar-refractivity contribution is 7.86. The number of aliphatic hydroxyl groups is 6. The van der Waals surface area contributed by atoms with Crippen LogP contribution in [-0.2, 0) is 142 Å². The molecule has 7 N–H and O–H groups in total. The summed E-state index contributed by atoms with van der Waals surface area (Å²) in [4.78, 5) is 102. The highest BCUT2D eigenvalue weighted by Crippen LogP contribution is 2.87. The van der Waals surface area contributed by atoms with E-state index < -0.39 is 203 Å². The number of rotatable bonds is 19. The normalized spacial score (nSPS) is 51.2. The number of phosphoric acid groups is 1. The number of ether oxygens (including phenoxy) is 15. The topological polar surface area (TPSA) is 547 Å². The summed E-state index contributed by atoms with van der Waals surface area (Å²) in [7, 11) is -5.55. The van der Waals surface area contributed by atoms with Crippen LogP contribution >= 0.6 is 7.82 Å². The molecule has 39 nitrogen and oxygen atoms in total. The van der Waals surface area contributed by atoms with E-state index in [1.807, 2.05) is 0 Å². The molecule has 0 radical (unpaired) electrons. The first kappa shape index (κ1) is 92.4. The predicted molar refractivity (Wildman–Crippen MR) is 438 cm³/mol. The minimum absolute atomic E-state index is 0.00475. The van der Waals surface area contributed by atoms with Crippen LogP contribution in [0, 0.1) is 73.9 Å². The molecule has 0 aromatic rings. The van der Waals surface area contributed by atoms with Crippen LogP contribution in [0.3, 0.4) is 0 Å². The Morgan fingerprint density at radius 2 is 0.879 bits per heavy atom. The molecule has 8 saturated carbocycles. The third-order valence-corrected chi connectivity index (χ3v) is 39.8. The van der Waals surface area contributed by atoms with Crippen molar-refractivity contribution in [1.29, 1.82) is 0 Å². The maximum absolute atomic E-state index is 13.2. The van der Waals surface area contributed by atoms with E-state index >= 15 is 0 Å². The molecule has 12 heterocycles. The summed E-state index contributed by atoms with van der Waals surface area (Å²) in [6.45, 7) is 27.8. The smallest absolute Gasteiger partial charge is 0.462 e. The van der Waals surface area contributed by atoms with Crippen molar-refractivity contribution >= 4 is 59.5 Å². The van der Waals surface area contributed by atoms with Crippen molar-refractivity contribution in [2.24, 2.45) is 69.0 Å². The van der Waals surface area contributed by atoms with E-state index in [9.17, 15) is 87.3 Å². The van der Waals surface area contributed by atoms with Crippen LogP contribution in [-0.4, -0.2) is 309 Å². The third-order valence-electron chi connectivity index (χ3n) is 37.9. The summed E-state index contributed by atoms with van der Waals surface area (Å²) in [5, 5.41) is 78.4. The first-order valence-electron chi connectivity index (χ1n) is 46.5. The predicted octanol–water partition coefficient (Wildman–Crippen LogP) is 3.89. The van der Waals surface area contributed by atoms with Gasteiger partial charge in [-0.3, -0.25) is 32.1 Å². The van der Waals surface area contributed by atoms with Crippen LogP contribution in [0.5, 0.6) is 0 Å². The van der Waals surface area contributed by atoms with E-state index in [-0.39, 0.29) is 135 Å². The van der Waals surface area contributed by atoms with Gasteiger partial charge in [-0.15, -0.1) is 0 Å². The lowest BCUT2D eigenvalue weighted by Crippen LogP contribution is -2.76. The van der Waals surface area contributed by atoms with Gasteiger partial charge in [-0.25, -0.2) is 29.0 Å². The fourth-order valence-electron chi connectivity index (χ4n) is 31.1. The Labute approximate surface area is 761 Å². The highest BCUT2D eigenvalue weighted by Gasteiger charge is 3.04. The summed E-state index contributed by atoms with van der Waals surface area (Å²) < 4.78 is 149. The van der Waals surface area contributed by atoms with Gasteiger partial charge in [0.25, 0.3) is 10.1 Å². The van der Waals surface area contributed by atoms with E-state index in [0.29, 0.717) is 82.6 Å². The molecule has 0 unspecified atom stereocenters. The number of fused-ring (bicyclic) bond motifs is 9. The van der Waals surface area contributed by atoms with E-state index in [0.717, 1.165) is 45.3 Å². The van der Waals surface area contributed by atoms with Gasteiger partial charge in [0, 0.05) is 78.4 Å². The molecule has 12 aliphatic carbocycles. The van der Waals surface area contributed by atoms with Crippen LogP contribution in [0.1, 0.15) is 187 Å². The molecule has 0 aromatic heterocycles. The number of Topliss-reactive ketones (excluding diaryl/α,β-unsaturated/α-hetero) is 1. The Hall–Kier alpha value is -5.93. The van der Waals surface area contributed by atoms with Gasteiger partial charge < -0.3 is 102 Å². The Bertz CT molecular complexity index is 5410. The van der Waals surface area contributed by atoms with Crippen molar-refractivity contribution < 1.29 is 181 Å². The van der Waals surface area contributed by atoms with Crippen LogP contribution in [0.25, 0.3) is 0 Å². The number of carbonyl (C=O) groups excluding carboxylic acids is 7. The van der Waals surface area contributed by atoms with Crippen molar-refractivity contribution in [2.75, 3.05) is 53.5 Å². The highest BCUT2D eigenvalue weighted by atomic mass is 32.2. The first-order valence-corrected chi connectivity index (χ1v) is 49.8. The number of esters is 6. The zero-order chi connectivity index (χ0) is 95.0. The van der Waals surface area contributed by atoms with Crippen LogP contribution in [0.4, 0.5) is 0 Å². The maximum atomic E-state index is 13.2. The maximum Gasteiger partial charge on any atom is 0.475 e. The lowest BCUT2D eigenvalue weighted by molar-refractivity contribution is -0.984. The number of hydrogen-bond acceptors (Lipinski definition) is 37. The zero-order valence-electron chi connectivity index (χ0n) is 77.2. The molecule has 0 amide bonds. The summed E-state index contributed by atoms with van der Waals surface area (Å²) in [5.41, 5.74) is -9.84. The average Bonchev–Trinajstić information content (AvgIpc) is 1.39. The van der Waals surface area contributed by atoms with Crippen molar-refractivity contribution in [2.45, 2.75) is 352 Å². The van der Waals surface area contributed by atoms with Gasteiger partial charge in [-0.05, 0) is 154 Å². The van der Waals surface area contributed by atoms with E-state index in [1.165, 1.54) is 35.0 Å². The molecule has 17 fully saturated rings. The average molecular weight is 1900 g/mol. The molecule has 728 valence electrons. The molecular weight excluding hydrogens is 1780 g/mol. The molecular formula is C91H121NO38PS+. The van der Waals surface area contributed by atoms with Crippen molar-refractivity contribution in [3.63, 3.8) is 0 Å². The van der Waals surface area contributed by atoms with Crippen molar-refractivity contribution in [1.82, 2.24) is 0 Å². The number of epoxide rings is 9. The molecule has 0 aromatic carbocycles. The van der Waals surface area contributed by atoms with Crippen molar-refractivity contribution in [3.8, 4) is 0 Å². The Morgan fingerprint density at radius 3 is 1.28 bits per heavy atom. The van der Waals surface area contributed by atoms with Crippen molar-refractivity contribution in [3.05, 3.63) is 49.5 Å². The molecule has 36 atom stereocenters. The summed E-state index contributed by atoms with van der Waals surface area (Å²) in [5.74, 6) is -3.90. The molecule has 132 heavy (non-hydrogen) atoms. The number of aliphatic hydroxyl groups excluding tert-OH is 3. The summed E-state index contributed by atoms with van der Waals surface area (Å²) >= 11 is 0. The molecule has 24 rings (SSSR count). The Balaban J connectivity index is 0.000000106. The fourth-order valence-corrected chi connectivity index (χ4v) is 32.6. The van der Waals surface area contributed by atoms with Gasteiger partial charge in [-0.2, -0.15) is 13.3 Å². The largest absolute Gasteiger partial charge is 0.475 e. The van der Waals surface area contributed by atoms with Gasteiger partial charge >= 0.3 is 48.7 Å². The quantitative estimate of drug-likeness (QED) is 0.0241. The molecule has 41 heteroatoms. The number of cyclic esters (lactones) is 3. The molecule has 9 saturated heterocycles. The van der Waals surface area contributed by atoms with Gasteiger partial charge in [0.05, 0.1) is 37.3 Å². The van der Waals surface area contributed by atoms with E-state index in [1.54, 1.807) is 41.5 Å². The summed E-state index contributed by atoms with van der Waals surface area (Å²) in [6.07, 6.45) is -4.51. The number of phosphoric ester groups is 1. The van der Waals surface area contributed by atoms with Gasteiger partial charge in [-0.1, -0.05) is 83.1 Å². The van der Waals surface area contributed by atoms with Gasteiger partial charge in [0.2, 0.25) is 6.10 Å². The lowest BCUT2D eigenvalue weighted by Gasteiger charge is -2.57. The Morgan fingerprint density at radius 1 is 0.500 bits per heavy atom. The standard InChI is InChI=1S/C28H36O10.C22H31O10P.C21H28O9S.C20H26NO9/c1-13(2)26-21(37-26)22-28(38-22)25(6)9-7-17(23(32)33-10-8-14(3)29)18(12-34-15(4)30)19(25)11-20-27(28,36-20)24(26)35-16(5)31;1-10(2)20(25)15(32-33(26,27-4)28-5)16-22(31-16)19(3)7-6-11-12(9-29-17(11)23)13(19)8-14-21(22,30-14)18(20)24;1-9(2)19(24)14(30-31(4,25)26)15-21(29-15)18(3)6-5-10-11(8-27-16(10)22)12(18)7-13-20(21,28-13)17(19)23;1-8(2)18(24)13(30-21(25)26)14-20(29-14)17(3)5-4-9-10(7-27-15(9)22)11(17)6-12-19(20,28-12)16(18)23/h13,19-22,24H,7-12H2,1-6H3;10,13-16,18,24-25H,6-9H2,1-5H3;9,12-15,17,23-24H,5-8H2,1-4H3;8,11-14,16,23-24H,4-7H2,1-3H3,(H,25,26)/q;;;+1/t19-,20-,21-,22-,24+,25-,26-,27+,28+;13-,14-,15+,16-,18+,19-,20-,21+,22+;12-,13-,14+,15-,17+,18-,19-,20+,21+;11-,12-,13+,14-,16+,17-,18-,19+,20+/m0000/s1. The fraction of sp³-hybridized carbons (Fsp3) is 0.835. The zero-order valence-corrected chi connectivity index (χ0v) is 78.9. The van der Waals surface area contributed by atoms with E-state index in [2.05, 4.69) is 41.5 Å².